The average Bonchev–Trinajstić information content (AvgIpc) is 2.75. The molecule has 1 aliphatic rings. The van der Waals surface area contributed by atoms with Gasteiger partial charge in [-0.3, -0.25) is 4.90 Å². The lowest BCUT2D eigenvalue weighted by atomic mass is 9.84. The molecule has 0 aromatic heterocycles. The van der Waals surface area contributed by atoms with Gasteiger partial charge in [0, 0.05) is 26.1 Å². The number of likely N-dealkylation sites (N-methyl/N-ethyl adjacent to an activating group) is 1. The Morgan fingerprint density at radius 1 is 1.10 bits per heavy atom. The summed E-state index contributed by atoms with van der Waals surface area (Å²) in [5.74, 6) is 6.76. The molecule has 1 saturated carbocycles. The Balaban J connectivity index is 1.89. The van der Waals surface area contributed by atoms with Crippen LogP contribution in [0.15, 0.2) is 29.2 Å². The zero-order chi connectivity index (χ0) is 23.1. The van der Waals surface area contributed by atoms with Crippen LogP contribution in [-0.2, 0) is 16.2 Å². The van der Waals surface area contributed by atoms with E-state index in [-0.39, 0.29) is 17.5 Å². The van der Waals surface area contributed by atoms with Crippen molar-refractivity contribution < 1.29 is 26.7 Å². The smallest absolute Gasteiger partial charge is 0.395 e. The standard InChI is InChI=1S/C22H31F3N2O3S/c1-3-27(16-17-28)15-5-4-6-18-7-11-20(12-8-18)26(2)31(29,30)21-13-9-19(10-14-21)22(23,24)25/h9-10,13-14,18,20,28H,3,6-8,11-12,15-17H2,1-2H3. The second-order valence-corrected chi connectivity index (χ2v) is 9.87. The summed E-state index contributed by atoms with van der Waals surface area (Å²) in [6.45, 7) is 4.20. The van der Waals surface area contributed by atoms with Crippen molar-refractivity contribution in [1.82, 2.24) is 9.21 Å². The molecule has 0 atom stereocenters. The highest BCUT2D eigenvalue weighted by molar-refractivity contribution is 7.89. The molecule has 1 aromatic rings. The van der Waals surface area contributed by atoms with Crippen LogP contribution in [0.3, 0.4) is 0 Å². The molecule has 1 aliphatic carbocycles. The molecular weight excluding hydrogens is 429 g/mol. The van der Waals surface area contributed by atoms with Crippen LogP contribution in [0.4, 0.5) is 13.2 Å². The number of sulfonamides is 1. The van der Waals surface area contributed by atoms with Crippen LogP contribution < -0.4 is 0 Å². The third-order valence-electron chi connectivity index (χ3n) is 5.87. The minimum atomic E-state index is -4.50. The summed E-state index contributed by atoms with van der Waals surface area (Å²) in [6.07, 6.45) is -0.606. The van der Waals surface area contributed by atoms with Crippen LogP contribution in [0, 0.1) is 17.8 Å². The van der Waals surface area contributed by atoms with Gasteiger partial charge in [0.25, 0.3) is 0 Å². The Bertz CT molecular complexity index is 853. The van der Waals surface area contributed by atoms with Crippen molar-refractivity contribution in [3.05, 3.63) is 29.8 Å². The van der Waals surface area contributed by atoms with Gasteiger partial charge in [0.1, 0.15) is 0 Å². The minimum Gasteiger partial charge on any atom is -0.395 e. The van der Waals surface area contributed by atoms with Crippen molar-refractivity contribution in [2.24, 2.45) is 5.92 Å². The summed E-state index contributed by atoms with van der Waals surface area (Å²) in [5, 5.41) is 8.99. The van der Waals surface area contributed by atoms with Crippen molar-refractivity contribution in [2.75, 3.05) is 33.3 Å². The van der Waals surface area contributed by atoms with Gasteiger partial charge >= 0.3 is 6.18 Å². The Hall–Kier alpha value is -1.60. The summed E-state index contributed by atoms with van der Waals surface area (Å²) in [5.41, 5.74) is -0.867. The summed E-state index contributed by atoms with van der Waals surface area (Å²) in [6, 6.07) is 3.47. The van der Waals surface area contributed by atoms with E-state index in [0.29, 0.717) is 31.8 Å². The summed E-state index contributed by atoms with van der Waals surface area (Å²) in [7, 11) is -2.35. The van der Waals surface area contributed by atoms with Gasteiger partial charge in [-0.2, -0.15) is 17.5 Å². The second kappa shape index (κ2) is 11.3. The maximum atomic E-state index is 12.8. The van der Waals surface area contributed by atoms with Gasteiger partial charge in [-0.15, -0.1) is 5.92 Å². The molecular formula is C22H31F3N2O3S. The van der Waals surface area contributed by atoms with Gasteiger partial charge in [0.05, 0.1) is 23.6 Å². The molecule has 0 bridgehead atoms. The second-order valence-electron chi connectivity index (χ2n) is 7.87. The van der Waals surface area contributed by atoms with Crippen molar-refractivity contribution in [3.63, 3.8) is 0 Å². The third kappa shape index (κ3) is 7.21. The summed E-state index contributed by atoms with van der Waals surface area (Å²) < 4.78 is 65.1. The first-order valence-corrected chi connectivity index (χ1v) is 12.0. The van der Waals surface area contributed by atoms with Gasteiger partial charge in [0.2, 0.25) is 10.0 Å². The fourth-order valence-electron chi connectivity index (χ4n) is 3.77. The molecule has 31 heavy (non-hydrogen) atoms. The lowest BCUT2D eigenvalue weighted by Crippen LogP contribution is -2.39. The minimum absolute atomic E-state index is 0.114. The molecule has 1 N–H and O–H groups in total. The van der Waals surface area contributed by atoms with Crippen LogP contribution in [0.5, 0.6) is 0 Å². The molecule has 0 heterocycles. The topological polar surface area (TPSA) is 60.9 Å². The summed E-state index contributed by atoms with van der Waals surface area (Å²) in [4.78, 5) is 1.93. The zero-order valence-corrected chi connectivity index (χ0v) is 18.8. The molecule has 5 nitrogen and oxygen atoms in total. The molecule has 1 fully saturated rings. The predicted octanol–water partition coefficient (Wildman–Crippen LogP) is 3.59. The van der Waals surface area contributed by atoms with Gasteiger partial charge < -0.3 is 5.11 Å². The molecule has 9 heteroatoms. The molecule has 0 unspecified atom stereocenters. The molecule has 0 amide bonds. The monoisotopic (exact) mass is 460 g/mol. The number of aliphatic hydroxyl groups is 1. The molecule has 0 radical (unpaired) electrons. The van der Waals surface area contributed by atoms with Crippen LogP contribution in [-0.4, -0.2) is 62.1 Å². The van der Waals surface area contributed by atoms with E-state index in [1.165, 1.54) is 11.4 Å². The molecule has 0 aliphatic heterocycles. The Labute approximate surface area is 183 Å². The van der Waals surface area contributed by atoms with Crippen LogP contribution in [0.2, 0.25) is 0 Å². The lowest BCUT2D eigenvalue weighted by Gasteiger charge is -2.33. The van der Waals surface area contributed by atoms with E-state index in [1.807, 2.05) is 6.92 Å². The number of nitrogens with zero attached hydrogens (tertiary/aromatic N) is 2. The number of rotatable bonds is 8. The Morgan fingerprint density at radius 3 is 2.23 bits per heavy atom. The van der Waals surface area contributed by atoms with Crippen LogP contribution in [0.25, 0.3) is 0 Å². The molecule has 0 spiro atoms. The quantitative estimate of drug-likeness (QED) is 0.603. The first-order chi connectivity index (χ1) is 14.6. The molecule has 0 saturated heterocycles. The van der Waals surface area contributed by atoms with Gasteiger partial charge in [-0.1, -0.05) is 12.8 Å². The first kappa shape index (κ1) is 25.7. The van der Waals surface area contributed by atoms with Crippen molar-refractivity contribution in [3.8, 4) is 11.8 Å². The van der Waals surface area contributed by atoms with Crippen LogP contribution >= 0.6 is 0 Å². The fraction of sp³-hybridized carbons (Fsp3) is 0.636. The van der Waals surface area contributed by atoms with Gasteiger partial charge in [-0.05, 0) is 62.4 Å². The summed E-state index contributed by atoms with van der Waals surface area (Å²) >= 11 is 0. The largest absolute Gasteiger partial charge is 0.416 e. The van der Waals surface area contributed by atoms with E-state index in [2.05, 4.69) is 16.7 Å². The van der Waals surface area contributed by atoms with E-state index < -0.39 is 21.8 Å². The number of halogens is 3. The van der Waals surface area contributed by atoms with Gasteiger partial charge in [0.15, 0.2) is 0 Å². The lowest BCUT2D eigenvalue weighted by molar-refractivity contribution is -0.137. The normalized spacial score (nSPS) is 20.0. The number of hydrogen-bond acceptors (Lipinski definition) is 4. The maximum Gasteiger partial charge on any atom is 0.416 e. The highest BCUT2D eigenvalue weighted by atomic mass is 32.2. The predicted molar refractivity (Wildman–Crippen MR) is 114 cm³/mol. The van der Waals surface area contributed by atoms with Crippen molar-refractivity contribution in [2.45, 2.75) is 56.1 Å². The van der Waals surface area contributed by atoms with E-state index in [0.717, 1.165) is 50.1 Å². The van der Waals surface area contributed by atoms with E-state index in [9.17, 15) is 21.6 Å². The maximum absolute atomic E-state index is 12.8. The van der Waals surface area contributed by atoms with E-state index in [4.69, 9.17) is 5.11 Å². The Kier molecular flexibility index (Phi) is 9.37. The molecule has 174 valence electrons. The van der Waals surface area contributed by atoms with E-state index in [1.54, 1.807) is 0 Å². The zero-order valence-electron chi connectivity index (χ0n) is 18.0. The van der Waals surface area contributed by atoms with Crippen molar-refractivity contribution in [1.29, 1.82) is 0 Å². The third-order valence-corrected chi connectivity index (χ3v) is 7.80. The SMILES string of the molecule is CCN(CC#CCC1CCC(N(C)S(=O)(=O)c2ccc(C(F)(F)F)cc2)CC1)CCO. The average molecular weight is 461 g/mol. The first-order valence-electron chi connectivity index (χ1n) is 10.5. The van der Waals surface area contributed by atoms with Crippen molar-refractivity contribution >= 4 is 10.0 Å². The number of aliphatic hydroxyl groups excluding tert-OH is 1. The fourth-order valence-corrected chi connectivity index (χ4v) is 5.18. The van der Waals surface area contributed by atoms with Crippen LogP contribution in [0.1, 0.15) is 44.6 Å². The highest BCUT2D eigenvalue weighted by Gasteiger charge is 2.33. The Morgan fingerprint density at radius 2 is 1.71 bits per heavy atom. The molecule has 2 rings (SSSR count). The molecule has 1 aromatic carbocycles. The number of benzene rings is 1. The highest BCUT2D eigenvalue weighted by Crippen LogP contribution is 2.33. The number of hydrogen-bond donors (Lipinski definition) is 1. The number of alkyl halides is 3. The van der Waals surface area contributed by atoms with Gasteiger partial charge in [-0.25, -0.2) is 8.42 Å². The van der Waals surface area contributed by atoms with E-state index >= 15 is 0 Å².